The van der Waals surface area contributed by atoms with Crippen molar-refractivity contribution in [3.8, 4) is 0 Å². The molecule has 22 heavy (non-hydrogen) atoms. The molecule has 0 saturated heterocycles. The summed E-state index contributed by atoms with van der Waals surface area (Å²) in [5, 5.41) is 9.33. The number of aliphatic hydroxyl groups is 1. The Morgan fingerprint density at radius 2 is 1.73 bits per heavy atom. The fourth-order valence-corrected chi connectivity index (χ4v) is 3.33. The summed E-state index contributed by atoms with van der Waals surface area (Å²) in [6.45, 7) is 6.15. The molecule has 2 aromatic carbocycles. The van der Waals surface area contributed by atoms with E-state index < -0.39 is 0 Å². The van der Waals surface area contributed by atoms with E-state index in [1.807, 2.05) is 17.8 Å². The Hall–Kier alpha value is -1.29. The first-order valence-corrected chi connectivity index (χ1v) is 8.76. The fraction of sp³-hybridized carbons (Fsp3) is 0.368. The van der Waals surface area contributed by atoms with E-state index in [4.69, 9.17) is 0 Å². The summed E-state index contributed by atoms with van der Waals surface area (Å²) in [5.41, 5.74) is 2.59. The molecule has 0 unspecified atom stereocenters. The number of hydrogen-bond donors (Lipinski definition) is 1. The van der Waals surface area contributed by atoms with Gasteiger partial charge < -0.3 is 5.11 Å². The molecule has 0 radical (unpaired) electrons. The Morgan fingerprint density at radius 3 is 2.36 bits per heavy atom. The molecule has 0 spiro atoms. The van der Waals surface area contributed by atoms with Crippen molar-refractivity contribution in [2.45, 2.75) is 31.3 Å². The Morgan fingerprint density at radius 1 is 1.05 bits per heavy atom. The molecule has 118 valence electrons. The zero-order chi connectivity index (χ0) is 15.8. The van der Waals surface area contributed by atoms with Crippen molar-refractivity contribution in [1.29, 1.82) is 0 Å². The molecule has 1 N–H and O–H groups in total. The van der Waals surface area contributed by atoms with Crippen LogP contribution in [0.3, 0.4) is 0 Å². The van der Waals surface area contributed by atoms with E-state index in [1.165, 1.54) is 16.0 Å². The van der Waals surface area contributed by atoms with Gasteiger partial charge in [0.15, 0.2) is 0 Å². The van der Waals surface area contributed by atoms with Gasteiger partial charge in [-0.05, 0) is 31.5 Å². The van der Waals surface area contributed by atoms with Crippen LogP contribution in [0.5, 0.6) is 0 Å². The maximum Gasteiger partial charge on any atom is 0.0558 e. The molecular formula is C19H25NOS. The summed E-state index contributed by atoms with van der Waals surface area (Å²) in [7, 11) is 0. The van der Waals surface area contributed by atoms with Gasteiger partial charge >= 0.3 is 0 Å². The van der Waals surface area contributed by atoms with Gasteiger partial charge in [-0.1, -0.05) is 48.0 Å². The summed E-state index contributed by atoms with van der Waals surface area (Å²) in [6, 6.07) is 19.5. The predicted octanol–water partition coefficient (Wildman–Crippen LogP) is 3.97. The third-order valence-electron chi connectivity index (χ3n) is 3.75. The van der Waals surface area contributed by atoms with E-state index in [2.05, 4.69) is 67.3 Å². The molecule has 0 aliphatic rings. The molecule has 0 saturated carbocycles. The molecule has 0 amide bonds. The highest BCUT2D eigenvalue weighted by atomic mass is 32.2. The van der Waals surface area contributed by atoms with Crippen molar-refractivity contribution < 1.29 is 5.11 Å². The summed E-state index contributed by atoms with van der Waals surface area (Å²) >= 11 is 1.88. The Bertz CT molecular complexity index is 541. The molecule has 1 atom stereocenters. The Labute approximate surface area is 138 Å². The second-order valence-electron chi connectivity index (χ2n) is 5.65. The lowest BCUT2D eigenvalue weighted by Crippen LogP contribution is -2.36. The largest absolute Gasteiger partial charge is 0.395 e. The zero-order valence-electron chi connectivity index (χ0n) is 13.4. The Kier molecular flexibility index (Phi) is 6.97. The maximum absolute atomic E-state index is 9.33. The normalized spacial score (nSPS) is 12.5. The van der Waals surface area contributed by atoms with E-state index in [0.29, 0.717) is 12.6 Å². The van der Waals surface area contributed by atoms with Gasteiger partial charge in [-0.15, -0.1) is 11.8 Å². The minimum absolute atomic E-state index is 0.201. The van der Waals surface area contributed by atoms with E-state index in [0.717, 1.165) is 12.3 Å². The molecule has 2 rings (SSSR count). The molecule has 0 heterocycles. The molecule has 3 heteroatoms. The smallest absolute Gasteiger partial charge is 0.0558 e. The monoisotopic (exact) mass is 315 g/mol. The molecule has 2 aromatic rings. The van der Waals surface area contributed by atoms with Gasteiger partial charge in [0.25, 0.3) is 0 Å². The SMILES string of the molecule is Cc1ccc(SC[C@@H](C)N(CCO)Cc2ccccc2)cc1. The summed E-state index contributed by atoms with van der Waals surface area (Å²) in [6.07, 6.45) is 0. The third kappa shape index (κ3) is 5.48. The molecule has 0 aliphatic heterocycles. The first-order valence-electron chi connectivity index (χ1n) is 7.77. The molecule has 0 aromatic heterocycles. The van der Waals surface area contributed by atoms with Gasteiger partial charge in [0.05, 0.1) is 6.61 Å². The van der Waals surface area contributed by atoms with Crippen molar-refractivity contribution in [2.24, 2.45) is 0 Å². The van der Waals surface area contributed by atoms with Crippen molar-refractivity contribution in [2.75, 3.05) is 18.9 Å². The van der Waals surface area contributed by atoms with Crippen molar-refractivity contribution >= 4 is 11.8 Å². The third-order valence-corrected chi connectivity index (χ3v) is 5.01. The van der Waals surface area contributed by atoms with Gasteiger partial charge in [-0.3, -0.25) is 4.90 Å². The van der Waals surface area contributed by atoms with Crippen LogP contribution in [0.1, 0.15) is 18.1 Å². The van der Waals surface area contributed by atoms with Crippen molar-refractivity contribution in [3.05, 3.63) is 65.7 Å². The minimum atomic E-state index is 0.201. The second-order valence-corrected chi connectivity index (χ2v) is 6.75. The average Bonchev–Trinajstić information content (AvgIpc) is 2.54. The fourth-order valence-electron chi connectivity index (χ4n) is 2.36. The van der Waals surface area contributed by atoms with Crippen LogP contribution in [0.25, 0.3) is 0 Å². The van der Waals surface area contributed by atoms with Crippen LogP contribution >= 0.6 is 11.8 Å². The van der Waals surface area contributed by atoms with Gasteiger partial charge in [0, 0.05) is 29.8 Å². The first-order chi connectivity index (χ1) is 10.7. The quantitative estimate of drug-likeness (QED) is 0.746. The highest BCUT2D eigenvalue weighted by Gasteiger charge is 2.14. The van der Waals surface area contributed by atoms with Gasteiger partial charge in [0.2, 0.25) is 0 Å². The van der Waals surface area contributed by atoms with Gasteiger partial charge in [-0.25, -0.2) is 0 Å². The number of rotatable bonds is 8. The van der Waals surface area contributed by atoms with E-state index >= 15 is 0 Å². The zero-order valence-corrected chi connectivity index (χ0v) is 14.2. The van der Waals surface area contributed by atoms with Crippen LogP contribution in [-0.4, -0.2) is 35.0 Å². The predicted molar refractivity (Wildman–Crippen MR) is 95.3 cm³/mol. The topological polar surface area (TPSA) is 23.5 Å². The molecule has 0 fully saturated rings. The molecular weight excluding hydrogens is 290 g/mol. The first kappa shape index (κ1) is 17.1. The van der Waals surface area contributed by atoms with Gasteiger partial charge in [0.1, 0.15) is 0 Å². The highest BCUT2D eigenvalue weighted by Crippen LogP contribution is 2.21. The molecule has 0 bridgehead atoms. The van der Waals surface area contributed by atoms with E-state index in [1.54, 1.807) is 0 Å². The summed E-state index contributed by atoms with van der Waals surface area (Å²) in [5.74, 6) is 1.02. The van der Waals surface area contributed by atoms with Crippen LogP contribution in [0.2, 0.25) is 0 Å². The Balaban J connectivity index is 1.91. The lowest BCUT2D eigenvalue weighted by molar-refractivity contribution is 0.161. The number of aliphatic hydroxyl groups excluding tert-OH is 1. The number of benzene rings is 2. The lowest BCUT2D eigenvalue weighted by atomic mass is 10.2. The van der Waals surface area contributed by atoms with Crippen molar-refractivity contribution in [1.82, 2.24) is 4.90 Å². The minimum Gasteiger partial charge on any atom is -0.395 e. The van der Waals surface area contributed by atoms with Crippen LogP contribution in [0, 0.1) is 6.92 Å². The van der Waals surface area contributed by atoms with Crippen molar-refractivity contribution in [3.63, 3.8) is 0 Å². The maximum atomic E-state index is 9.33. The van der Waals surface area contributed by atoms with Crippen LogP contribution in [-0.2, 0) is 6.54 Å². The van der Waals surface area contributed by atoms with Crippen LogP contribution < -0.4 is 0 Å². The number of nitrogens with zero attached hydrogens (tertiary/aromatic N) is 1. The average molecular weight is 315 g/mol. The van der Waals surface area contributed by atoms with Crippen LogP contribution in [0.15, 0.2) is 59.5 Å². The number of aryl methyl sites for hydroxylation is 1. The molecule has 0 aliphatic carbocycles. The molecule has 2 nitrogen and oxygen atoms in total. The highest BCUT2D eigenvalue weighted by molar-refractivity contribution is 7.99. The lowest BCUT2D eigenvalue weighted by Gasteiger charge is -2.28. The number of thioether (sulfide) groups is 1. The van der Waals surface area contributed by atoms with Gasteiger partial charge in [-0.2, -0.15) is 0 Å². The standard InChI is InChI=1S/C19H25NOS/c1-16-8-10-19(11-9-16)22-15-17(2)20(12-13-21)14-18-6-4-3-5-7-18/h3-11,17,21H,12-15H2,1-2H3/t17-/m1/s1. The van der Waals surface area contributed by atoms with Crippen LogP contribution in [0.4, 0.5) is 0 Å². The van der Waals surface area contributed by atoms with E-state index in [9.17, 15) is 5.11 Å². The summed E-state index contributed by atoms with van der Waals surface area (Å²) in [4.78, 5) is 3.65. The summed E-state index contributed by atoms with van der Waals surface area (Å²) < 4.78 is 0. The van der Waals surface area contributed by atoms with E-state index in [-0.39, 0.29) is 6.61 Å². The second kappa shape index (κ2) is 8.99. The number of hydrogen-bond acceptors (Lipinski definition) is 3.